The molecule has 1 aromatic carbocycles. The molecular formula is C13H20N2O2. The van der Waals surface area contributed by atoms with Crippen LogP contribution in [0.3, 0.4) is 0 Å². The van der Waals surface area contributed by atoms with Crippen molar-refractivity contribution in [1.29, 1.82) is 0 Å². The lowest BCUT2D eigenvalue weighted by Gasteiger charge is -2.16. The third-order valence-electron chi connectivity index (χ3n) is 2.64. The van der Waals surface area contributed by atoms with Crippen LogP contribution in [0.5, 0.6) is 0 Å². The van der Waals surface area contributed by atoms with Gasteiger partial charge in [-0.1, -0.05) is 24.3 Å². The molecule has 0 bridgehead atoms. The second-order valence-electron chi connectivity index (χ2n) is 4.08. The zero-order chi connectivity index (χ0) is 12.7. The first-order chi connectivity index (χ1) is 8.15. The lowest BCUT2D eigenvalue weighted by Crippen LogP contribution is -2.21. The van der Waals surface area contributed by atoms with Gasteiger partial charge >= 0.3 is 5.97 Å². The molecule has 0 spiro atoms. The highest BCUT2D eigenvalue weighted by Crippen LogP contribution is 2.06. The van der Waals surface area contributed by atoms with Gasteiger partial charge in [-0.3, -0.25) is 4.79 Å². The Bertz CT molecular complexity index is 349. The fourth-order valence-corrected chi connectivity index (χ4v) is 1.56. The Kier molecular flexibility index (Phi) is 5.66. The molecule has 0 amide bonds. The van der Waals surface area contributed by atoms with Gasteiger partial charge in [0, 0.05) is 19.6 Å². The molecule has 2 N–H and O–H groups in total. The predicted octanol–water partition coefficient (Wildman–Crippen LogP) is 1.14. The molecule has 0 aliphatic rings. The number of benzene rings is 1. The summed E-state index contributed by atoms with van der Waals surface area (Å²) < 4.78 is 4.60. The molecule has 94 valence electrons. The van der Waals surface area contributed by atoms with Crippen molar-refractivity contribution < 1.29 is 9.53 Å². The van der Waals surface area contributed by atoms with Gasteiger partial charge in [0.15, 0.2) is 0 Å². The third-order valence-corrected chi connectivity index (χ3v) is 2.64. The maximum absolute atomic E-state index is 11.0. The highest BCUT2D eigenvalue weighted by atomic mass is 16.5. The Morgan fingerprint density at radius 2 is 1.88 bits per heavy atom. The number of carbonyl (C=O) groups excluding carboxylic acids is 1. The molecule has 1 rings (SSSR count). The van der Waals surface area contributed by atoms with Crippen LogP contribution in [0.15, 0.2) is 24.3 Å². The van der Waals surface area contributed by atoms with Crippen LogP contribution in [-0.4, -0.2) is 31.6 Å². The average Bonchev–Trinajstić information content (AvgIpc) is 2.36. The second-order valence-corrected chi connectivity index (χ2v) is 4.08. The van der Waals surface area contributed by atoms with Crippen LogP contribution in [0.4, 0.5) is 0 Å². The smallest absolute Gasteiger partial charge is 0.306 e. The summed E-state index contributed by atoms with van der Waals surface area (Å²) in [7, 11) is 3.40. The Balaban J connectivity index is 2.39. The topological polar surface area (TPSA) is 55.6 Å². The van der Waals surface area contributed by atoms with E-state index in [-0.39, 0.29) is 5.97 Å². The Hall–Kier alpha value is -1.39. The molecule has 0 fully saturated rings. The number of nitrogens with zero attached hydrogens (tertiary/aromatic N) is 1. The van der Waals surface area contributed by atoms with Gasteiger partial charge in [0.2, 0.25) is 0 Å². The highest BCUT2D eigenvalue weighted by Gasteiger charge is 2.04. The number of nitrogens with two attached hydrogens (primary N) is 1. The number of carbonyl (C=O) groups is 1. The molecule has 0 aliphatic heterocycles. The monoisotopic (exact) mass is 236 g/mol. The Morgan fingerprint density at radius 3 is 2.41 bits per heavy atom. The fourth-order valence-electron chi connectivity index (χ4n) is 1.56. The van der Waals surface area contributed by atoms with Crippen LogP contribution in [0, 0.1) is 0 Å². The second kappa shape index (κ2) is 7.04. The summed E-state index contributed by atoms with van der Waals surface area (Å²) in [6.45, 7) is 2.09. The molecule has 0 aromatic heterocycles. The van der Waals surface area contributed by atoms with E-state index in [1.807, 2.05) is 19.2 Å². The number of methoxy groups -OCH3 is 1. The summed E-state index contributed by atoms with van der Waals surface area (Å²) in [5, 5.41) is 0. The van der Waals surface area contributed by atoms with E-state index in [2.05, 4.69) is 21.8 Å². The summed E-state index contributed by atoms with van der Waals surface area (Å²) in [6, 6.07) is 8.20. The van der Waals surface area contributed by atoms with Gasteiger partial charge in [0.1, 0.15) is 0 Å². The van der Waals surface area contributed by atoms with Gasteiger partial charge in [-0.05, 0) is 18.2 Å². The zero-order valence-electron chi connectivity index (χ0n) is 10.5. The first-order valence-corrected chi connectivity index (χ1v) is 5.69. The quantitative estimate of drug-likeness (QED) is 0.753. The number of hydrogen-bond donors (Lipinski definition) is 1. The van der Waals surface area contributed by atoms with E-state index in [0.717, 1.165) is 12.1 Å². The minimum absolute atomic E-state index is 0.171. The molecule has 0 saturated carbocycles. The summed E-state index contributed by atoms with van der Waals surface area (Å²) in [5.74, 6) is -0.171. The molecular weight excluding hydrogens is 216 g/mol. The van der Waals surface area contributed by atoms with Crippen molar-refractivity contribution in [3.63, 3.8) is 0 Å². The number of hydrogen-bond acceptors (Lipinski definition) is 4. The SMILES string of the molecule is COC(=O)CCN(C)Cc1ccc(CN)cc1. The molecule has 17 heavy (non-hydrogen) atoms. The van der Waals surface area contributed by atoms with Crippen LogP contribution < -0.4 is 5.73 Å². The lowest BCUT2D eigenvalue weighted by atomic mass is 10.1. The molecule has 0 heterocycles. The normalized spacial score (nSPS) is 10.6. The predicted molar refractivity (Wildman–Crippen MR) is 67.3 cm³/mol. The summed E-state index contributed by atoms with van der Waals surface area (Å²) >= 11 is 0. The van der Waals surface area contributed by atoms with Crippen molar-refractivity contribution in [3.8, 4) is 0 Å². The molecule has 4 nitrogen and oxygen atoms in total. The number of rotatable bonds is 6. The lowest BCUT2D eigenvalue weighted by molar-refractivity contribution is -0.140. The van der Waals surface area contributed by atoms with Gasteiger partial charge in [0.25, 0.3) is 0 Å². The third kappa shape index (κ3) is 4.97. The van der Waals surface area contributed by atoms with Crippen LogP contribution in [-0.2, 0) is 22.6 Å². The summed E-state index contributed by atoms with van der Waals surface area (Å²) in [5.41, 5.74) is 7.88. The maximum Gasteiger partial charge on any atom is 0.306 e. The number of ether oxygens (including phenoxy) is 1. The maximum atomic E-state index is 11.0. The Labute approximate surface area is 102 Å². The molecule has 0 radical (unpaired) electrons. The van der Waals surface area contributed by atoms with Gasteiger partial charge in [-0.2, -0.15) is 0 Å². The first kappa shape index (κ1) is 13.7. The van der Waals surface area contributed by atoms with Crippen molar-refractivity contribution in [3.05, 3.63) is 35.4 Å². The van der Waals surface area contributed by atoms with E-state index in [1.54, 1.807) is 0 Å². The molecule has 0 saturated heterocycles. The van der Waals surface area contributed by atoms with E-state index >= 15 is 0 Å². The van der Waals surface area contributed by atoms with Crippen molar-refractivity contribution in [2.75, 3.05) is 20.7 Å². The van der Waals surface area contributed by atoms with Crippen molar-refractivity contribution in [2.45, 2.75) is 19.5 Å². The van der Waals surface area contributed by atoms with E-state index in [1.165, 1.54) is 12.7 Å². The molecule has 0 unspecified atom stereocenters. The fraction of sp³-hybridized carbons (Fsp3) is 0.462. The first-order valence-electron chi connectivity index (χ1n) is 5.69. The van der Waals surface area contributed by atoms with E-state index < -0.39 is 0 Å². The minimum Gasteiger partial charge on any atom is -0.469 e. The van der Waals surface area contributed by atoms with E-state index in [9.17, 15) is 4.79 Å². The molecule has 1 aromatic rings. The highest BCUT2D eigenvalue weighted by molar-refractivity contribution is 5.69. The van der Waals surface area contributed by atoms with Crippen LogP contribution >= 0.6 is 0 Å². The van der Waals surface area contributed by atoms with E-state index in [4.69, 9.17) is 5.73 Å². The average molecular weight is 236 g/mol. The standard InChI is InChI=1S/C13H20N2O2/c1-15(8-7-13(16)17-2)10-12-5-3-11(9-14)4-6-12/h3-6H,7-10,14H2,1-2H3. The van der Waals surface area contributed by atoms with Crippen molar-refractivity contribution >= 4 is 5.97 Å². The van der Waals surface area contributed by atoms with Crippen LogP contribution in [0.25, 0.3) is 0 Å². The van der Waals surface area contributed by atoms with Crippen LogP contribution in [0.1, 0.15) is 17.5 Å². The Morgan fingerprint density at radius 1 is 1.29 bits per heavy atom. The van der Waals surface area contributed by atoms with Gasteiger partial charge in [-0.25, -0.2) is 0 Å². The van der Waals surface area contributed by atoms with Crippen molar-refractivity contribution in [1.82, 2.24) is 4.90 Å². The van der Waals surface area contributed by atoms with Crippen LogP contribution in [0.2, 0.25) is 0 Å². The van der Waals surface area contributed by atoms with Gasteiger partial charge in [-0.15, -0.1) is 0 Å². The minimum atomic E-state index is -0.171. The molecule has 0 atom stereocenters. The molecule has 0 aliphatic carbocycles. The number of esters is 1. The molecule has 4 heteroatoms. The van der Waals surface area contributed by atoms with Crippen molar-refractivity contribution in [2.24, 2.45) is 5.73 Å². The van der Waals surface area contributed by atoms with Gasteiger partial charge in [0.05, 0.1) is 13.5 Å². The van der Waals surface area contributed by atoms with E-state index in [0.29, 0.717) is 19.5 Å². The van der Waals surface area contributed by atoms with Gasteiger partial charge < -0.3 is 15.4 Å². The summed E-state index contributed by atoms with van der Waals surface area (Å²) in [6.07, 6.45) is 0.424. The largest absolute Gasteiger partial charge is 0.469 e. The zero-order valence-corrected chi connectivity index (χ0v) is 10.5. The summed E-state index contributed by atoms with van der Waals surface area (Å²) in [4.78, 5) is 13.1.